The lowest BCUT2D eigenvalue weighted by molar-refractivity contribution is 0.0603. The highest BCUT2D eigenvalue weighted by molar-refractivity contribution is 7.89. The molecule has 1 aromatic rings. The van der Waals surface area contributed by atoms with E-state index in [1.807, 2.05) is 25.7 Å². The molecule has 1 aliphatic heterocycles. The Labute approximate surface area is 144 Å². The number of amides is 1. The van der Waals surface area contributed by atoms with Crippen molar-refractivity contribution in [3.8, 4) is 0 Å². The molecule has 1 amide bonds. The quantitative estimate of drug-likeness (QED) is 0.840. The van der Waals surface area contributed by atoms with Crippen LogP contribution in [0.1, 0.15) is 38.1 Å². The number of benzene rings is 1. The molecule has 2 atom stereocenters. The Bertz CT molecular complexity index is 671. The number of hydrogen-bond donors (Lipinski definition) is 2. The molecule has 0 aromatic heterocycles. The van der Waals surface area contributed by atoms with Crippen molar-refractivity contribution in [1.82, 2.24) is 14.9 Å². The van der Waals surface area contributed by atoms with Crippen LogP contribution in [0.4, 0.5) is 0 Å². The summed E-state index contributed by atoms with van der Waals surface area (Å²) < 4.78 is 27.0. The zero-order valence-electron chi connectivity index (χ0n) is 14.7. The Kier molecular flexibility index (Phi) is 6.01. The van der Waals surface area contributed by atoms with Crippen LogP contribution in [-0.2, 0) is 10.0 Å². The molecule has 1 aliphatic rings. The molecule has 24 heavy (non-hydrogen) atoms. The molecular formula is C17H27N3O3S. The van der Waals surface area contributed by atoms with E-state index in [0.717, 1.165) is 6.54 Å². The molecule has 0 spiro atoms. The number of sulfonamides is 1. The van der Waals surface area contributed by atoms with Gasteiger partial charge in [0.1, 0.15) is 0 Å². The minimum Gasteiger partial charge on any atom is -0.333 e. The van der Waals surface area contributed by atoms with Gasteiger partial charge in [0.15, 0.2) is 0 Å². The molecule has 0 aliphatic carbocycles. The van der Waals surface area contributed by atoms with Crippen LogP contribution in [0.3, 0.4) is 0 Å². The summed E-state index contributed by atoms with van der Waals surface area (Å²) in [5.41, 5.74) is 0.513. The number of carbonyl (C=O) groups is 1. The second kappa shape index (κ2) is 7.63. The van der Waals surface area contributed by atoms with E-state index in [1.165, 1.54) is 12.1 Å². The van der Waals surface area contributed by atoms with E-state index in [0.29, 0.717) is 18.7 Å². The minimum atomic E-state index is -3.53. The van der Waals surface area contributed by atoms with Gasteiger partial charge in [-0.05, 0) is 44.0 Å². The molecule has 1 aromatic carbocycles. The molecule has 2 unspecified atom stereocenters. The normalized spacial score (nSPS) is 22.0. The van der Waals surface area contributed by atoms with Crippen molar-refractivity contribution in [3.63, 3.8) is 0 Å². The van der Waals surface area contributed by atoms with Gasteiger partial charge in [0, 0.05) is 37.3 Å². The highest BCUT2D eigenvalue weighted by Gasteiger charge is 2.28. The summed E-state index contributed by atoms with van der Waals surface area (Å²) in [4.78, 5) is 14.7. The standard InChI is InChI=1S/C17H27N3O3S/c1-12(2)11-19-24(22,23)16-7-5-15(6-8-16)17(21)20-10-9-18-13(3)14(20)4/h5-8,12-14,18-19H,9-11H2,1-4H3. The molecule has 2 N–H and O–H groups in total. The fourth-order valence-corrected chi connectivity index (χ4v) is 3.86. The summed E-state index contributed by atoms with van der Waals surface area (Å²) in [6, 6.07) is 6.50. The van der Waals surface area contributed by atoms with E-state index in [-0.39, 0.29) is 28.8 Å². The lowest BCUT2D eigenvalue weighted by Gasteiger charge is -2.38. The van der Waals surface area contributed by atoms with Crippen LogP contribution in [0.2, 0.25) is 0 Å². The Hall–Kier alpha value is -1.44. The van der Waals surface area contributed by atoms with Gasteiger partial charge in [0.25, 0.3) is 5.91 Å². The van der Waals surface area contributed by atoms with Gasteiger partial charge in [0.2, 0.25) is 10.0 Å². The first kappa shape index (κ1) is 18.9. The number of piperazine rings is 1. The topological polar surface area (TPSA) is 78.5 Å². The predicted molar refractivity (Wildman–Crippen MR) is 94.4 cm³/mol. The zero-order chi connectivity index (χ0) is 17.9. The fraction of sp³-hybridized carbons (Fsp3) is 0.588. The maximum Gasteiger partial charge on any atom is 0.254 e. The minimum absolute atomic E-state index is 0.0602. The summed E-state index contributed by atoms with van der Waals surface area (Å²) in [5, 5.41) is 3.34. The number of hydrogen-bond acceptors (Lipinski definition) is 4. The van der Waals surface area contributed by atoms with Crippen molar-refractivity contribution in [2.45, 2.75) is 44.7 Å². The van der Waals surface area contributed by atoms with Crippen LogP contribution in [0.5, 0.6) is 0 Å². The molecule has 1 fully saturated rings. The van der Waals surface area contributed by atoms with E-state index in [2.05, 4.69) is 17.0 Å². The third-order valence-electron chi connectivity index (χ3n) is 4.39. The van der Waals surface area contributed by atoms with E-state index >= 15 is 0 Å². The number of nitrogens with one attached hydrogen (secondary N) is 2. The Morgan fingerprint density at radius 2 is 1.92 bits per heavy atom. The zero-order valence-corrected chi connectivity index (χ0v) is 15.6. The summed E-state index contributed by atoms with van der Waals surface area (Å²) in [7, 11) is -3.53. The van der Waals surface area contributed by atoms with E-state index in [1.54, 1.807) is 12.1 Å². The maximum atomic E-state index is 12.7. The molecule has 2 rings (SSSR count). The first-order valence-electron chi connectivity index (χ1n) is 8.36. The third-order valence-corrected chi connectivity index (χ3v) is 5.83. The number of nitrogens with zero attached hydrogens (tertiary/aromatic N) is 1. The Morgan fingerprint density at radius 3 is 2.50 bits per heavy atom. The van der Waals surface area contributed by atoms with E-state index < -0.39 is 10.0 Å². The highest BCUT2D eigenvalue weighted by atomic mass is 32.2. The average molecular weight is 353 g/mol. The van der Waals surface area contributed by atoms with Crippen LogP contribution in [0, 0.1) is 5.92 Å². The van der Waals surface area contributed by atoms with E-state index in [4.69, 9.17) is 0 Å². The van der Waals surface area contributed by atoms with Crippen LogP contribution in [0.15, 0.2) is 29.2 Å². The van der Waals surface area contributed by atoms with Gasteiger partial charge in [-0.3, -0.25) is 4.79 Å². The monoisotopic (exact) mass is 353 g/mol. The highest BCUT2D eigenvalue weighted by Crippen LogP contribution is 2.16. The largest absolute Gasteiger partial charge is 0.333 e. The summed E-state index contributed by atoms with van der Waals surface area (Å²) in [6.07, 6.45) is 0. The second-order valence-corrected chi connectivity index (χ2v) is 8.52. The average Bonchev–Trinajstić information content (AvgIpc) is 2.55. The van der Waals surface area contributed by atoms with Crippen LogP contribution in [0.25, 0.3) is 0 Å². The van der Waals surface area contributed by atoms with Gasteiger partial charge in [0.05, 0.1) is 4.90 Å². The molecular weight excluding hydrogens is 326 g/mol. The first-order valence-corrected chi connectivity index (χ1v) is 9.85. The molecule has 0 saturated carbocycles. The van der Waals surface area contributed by atoms with Crippen LogP contribution >= 0.6 is 0 Å². The Balaban J connectivity index is 2.12. The van der Waals surface area contributed by atoms with Gasteiger partial charge in [-0.1, -0.05) is 13.8 Å². The van der Waals surface area contributed by atoms with Gasteiger partial charge >= 0.3 is 0 Å². The number of carbonyl (C=O) groups excluding carboxylic acids is 1. The van der Waals surface area contributed by atoms with Crippen molar-refractivity contribution in [1.29, 1.82) is 0 Å². The summed E-state index contributed by atoms with van der Waals surface area (Å²) in [6.45, 7) is 9.77. The van der Waals surface area contributed by atoms with E-state index in [9.17, 15) is 13.2 Å². The summed E-state index contributed by atoms with van der Waals surface area (Å²) in [5.74, 6) is 0.173. The van der Waals surface area contributed by atoms with Crippen molar-refractivity contribution in [2.24, 2.45) is 5.92 Å². The molecule has 1 saturated heterocycles. The molecule has 6 nitrogen and oxygen atoms in total. The number of rotatable bonds is 5. The molecule has 0 bridgehead atoms. The Morgan fingerprint density at radius 1 is 1.29 bits per heavy atom. The van der Waals surface area contributed by atoms with Gasteiger partial charge in [-0.15, -0.1) is 0 Å². The predicted octanol–water partition coefficient (Wildman–Crippen LogP) is 1.44. The van der Waals surface area contributed by atoms with Gasteiger partial charge < -0.3 is 10.2 Å². The molecule has 134 valence electrons. The lowest BCUT2D eigenvalue weighted by atomic mass is 10.1. The van der Waals surface area contributed by atoms with Gasteiger partial charge in [-0.25, -0.2) is 13.1 Å². The fourth-order valence-electron chi connectivity index (χ4n) is 2.65. The van der Waals surface area contributed by atoms with Crippen LogP contribution < -0.4 is 10.0 Å². The first-order chi connectivity index (χ1) is 11.2. The second-order valence-electron chi connectivity index (χ2n) is 6.75. The molecule has 1 heterocycles. The van der Waals surface area contributed by atoms with Crippen molar-refractivity contribution in [2.75, 3.05) is 19.6 Å². The lowest BCUT2D eigenvalue weighted by Crippen LogP contribution is -2.57. The molecule has 7 heteroatoms. The smallest absolute Gasteiger partial charge is 0.254 e. The molecule has 0 radical (unpaired) electrons. The SMILES string of the molecule is CC(C)CNS(=O)(=O)c1ccc(C(=O)N2CCNC(C)C2C)cc1. The van der Waals surface area contributed by atoms with Crippen molar-refractivity contribution >= 4 is 15.9 Å². The van der Waals surface area contributed by atoms with Crippen molar-refractivity contribution < 1.29 is 13.2 Å². The third kappa shape index (κ3) is 4.34. The maximum absolute atomic E-state index is 12.7. The summed E-state index contributed by atoms with van der Waals surface area (Å²) >= 11 is 0. The van der Waals surface area contributed by atoms with Crippen molar-refractivity contribution in [3.05, 3.63) is 29.8 Å². The van der Waals surface area contributed by atoms with Crippen LogP contribution in [-0.4, -0.2) is 50.9 Å². The van der Waals surface area contributed by atoms with Gasteiger partial charge in [-0.2, -0.15) is 0 Å².